The molecule has 9 heteroatoms. The minimum absolute atomic E-state index is 0.364. The summed E-state index contributed by atoms with van der Waals surface area (Å²) in [4.78, 5) is 13.8. The highest BCUT2D eigenvalue weighted by atomic mass is 79.9. The van der Waals surface area contributed by atoms with Gasteiger partial charge in [-0.25, -0.2) is 0 Å². The van der Waals surface area contributed by atoms with Crippen LogP contribution in [0.25, 0.3) is 16.9 Å². The van der Waals surface area contributed by atoms with Crippen LogP contribution in [0.3, 0.4) is 0 Å². The second-order valence-corrected chi connectivity index (χ2v) is 8.86. The highest BCUT2D eigenvalue weighted by Crippen LogP contribution is 2.25. The Morgan fingerprint density at radius 3 is 2.66 bits per heavy atom. The highest BCUT2D eigenvalue weighted by molar-refractivity contribution is 9.10. The summed E-state index contributed by atoms with van der Waals surface area (Å²) in [5, 5.41) is 14.7. The summed E-state index contributed by atoms with van der Waals surface area (Å²) >= 11 is 3.55. The first-order valence-corrected chi connectivity index (χ1v) is 11.6. The lowest BCUT2D eigenvalue weighted by molar-refractivity contribution is 0.575. The fourth-order valence-corrected chi connectivity index (χ4v) is 4.44. The molecule has 0 aliphatic heterocycles. The minimum Gasteiger partial charge on any atom is -0.351 e. The first kappa shape index (κ1) is 20.8. The SMILES string of the molecule is CN[C@H]1CC[C@H](Nc2nc(NCc3ccc(-c4ccccn4)cc3)n3ncc(Br)c3n2)C1. The molecule has 1 saturated carbocycles. The molecule has 5 rings (SSSR count). The zero-order chi connectivity index (χ0) is 21.9. The number of halogens is 1. The van der Waals surface area contributed by atoms with Crippen molar-refractivity contribution in [2.45, 2.75) is 37.9 Å². The second kappa shape index (κ2) is 9.22. The molecule has 0 spiro atoms. The quantitative estimate of drug-likeness (QED) is 0.357. The maximum atomic E-state index is 4.72. The van der Waals surface area contributed by atoms with E-state index in [0.29, 0.717) is 30.5 Å². The molecule has 4 aromatic rings. The topological polar surface area (TPSA) is 92.1 Å². The van der Waals surface area contributed by atoms with Crippen LogP contribution in [-0.2, 0) is 6.54 Å². The number of benzene rings is 1. The number of hydrogen-bond donors (Lipinski definition) is 3. The highest BCUT2D eigenvalue weighted by Gasteiger charge is 2.24. The normalized spacial score (nSPS) is 18.2. The first-order chi connectivity index (χ1) is 15.7. The number of nitrogens with zero attached hydrogens (tertiary/aromatic N) is 5. The molecule has 2 atom stereocenters. The molecule has 3 N–H and O–H groups in total. The van der Waals surface area contributed by atoms with Gasteiger partial charge in [0.15, 0.2) is 5.65 Å². The Morgan fingerprint density at radius 2 is 1.91 bits per heavy atom. The van der Waals surface area contributed by atoms with Gasteiger partial charge >= 0.3 is 0 Å². The number of pyridine rings is 1. The molecule has 1 fully saturated rings. The van der Waals surface area contributed by atoms with Gasteiger partial charge in [-0.1, -0.05) is 30.3 Å². The fraction of sp³-hybridized carbons (Fsp3) is 0.304. The molecule has 0 bridgehead atoms. The van der Waals surface area contributed by atoms with E-state index < -0.39 is 0 Å². The number of hydrogen-bond acceptors (Lipinski definition) is 7. The summed E-state index contributed by atoms with van der Waals surface area (Å²) in [6.45, 7) is 0.622. The Bertz CT molecular complexity index is 1190. The molecule has 0 unspecified atom stereocenters. The summed E-state index contributed by atoms with van der Waals surface area (Å²) < 4.78 is 2.56. The molecule has 164 valence electrons. The summed E-state index contributed by atoms with van der Waals surface area (Å²) in [5.41, 5.74) is 3.94. The van der Waals surface area contributed by atoms with Gasteiger partial charge in [0.05, 0.1) is 16.4 Å². The zero-order valence-corrected chi connectivity index (χ0v) is 19.4. The van der Waals surface area contributed by atoms with Crippen LogP contribution in [0, 0.1) is 0 Å². The third kappa shape index (κ3) is 4.44. The van der Waals surface area contributed by atoms with Crippen molar-refractivity contribution in [1.82, 2.24) is 29.9 Å². The standard InChI is InChI=1S/C23H25BrN8/c1-25-17-9-10-18(12-17)29-22-30-21-19(24)14-28-32(21)23(31-22)27-13-15-5-7-16(8-6-15)20-4-2-3-11-26-20/h2-8,11,14,17-18,25H,9-10,12-13H2,1H3,(H2,27,29,30,31)/t17-,18-/m0/s1. The van der Waals surface area contributed by atoms with Crippen LogP contribution in [0.15, 0.2) is 59.3 Å². The van der Waals surface area contributed by atoms with E-state index in [-0.39, 0.29) is 0 Å². The fourth-order valence-electron chi connectivity index (χ4n) is 4.10. The van der Waals surface area contributed by atoms with Gasteiger partial charge in [-0.2, -0.15) is 19.6 Å². The van der Waals surface area contributed by atoms with Crippen LogP contribution < -0.4 is 16.0 Å². The van der Waals surface area contributed by atoms with E-state index in [1.807, 2.05) is 31.4 Å². The van der Waals surface area contributed by atoms with E-state index in [0.717, 1.165) is 46.2 Å². The van der Waals surface area contributed by atoms with E-state index in [2.05, 4.69) is 71.2 Å². The van der Waals surface area contributed by atoms with Gasteiger partial charge in [-0.05, 0) is 59.9 Å². The van der Waals surface area contributed by atoms with Crippen molar-refractivity contribution in [3.8, 4) is 11.3 Å². The van der Waals surface area contributed by atoms with Crippen molar-refractivity contribution in [1.29, 1.82) is 0 Å². The largest absolute Gasteiger partial charge is 0.351 e. The predicted octanol–water partition coefficient (Wildman–Crippen LogP) is 4.11. The van der Waals surface area contributed by atoms with Crippen LogP contribution in [0.1, 0.15) is 24.8 Å². The molecule has 0 saturated heterocycles. The van der Waals surface area contributed by atoms with Crippen molar-refractivity contribution in [2.75, 3.05) is 17.7 Å². The van der Waals surface area contributed by atoms with E-state index >= 15 is 0 Å². The van der Waals surface area contributed by atoms with Crippen LogP contribution in [0.5, 0.6) is 0 Å². The van der Waals surface area contributed by atoms with Gasteiger partial charge in [0.2, 0.25) is 11.9 Å². The van der Waals surface area contributed by atoms with Crippen LogP contribution in [-0.4, -0.2) is 43.7 Å². The van der Waals surface area contributed by atoms with E-state index in [1.54, 1.807) is 10.7 Å². The zero-order valence-electron chi connectivity index (χ0n) is 17.8. The summed E-state index contributed by atoms with van der Waals surface area (Å²) in [7, 11) is 2.02. The Labute approximate surface area is 195 Å². The number of fused-ring (bicyclic) bond motifs is 1. The maximum Gasteiger partial charge on any atom is 0.229 e. The third-order valence-corrected chi connectivity index (χ3v) is 6.42. The molecule has 1 aliphatic rings. The molecule has 32 heavy (non-hydrogen) atoms. The molecular formula is C23H25BrN8. The van der Waals surface area contributed by atoms with E-state index in [9.17, 15) is 0 Å². The smallest absolute Gasteiger partial charge is 0.229 e. The molecule has 3 aromatic heterocycles. The Kier molecular flexibility index (Phi) is 6.00. The lowest BCUT2D eigenvalue weighted by Crippen LogP contribution is -2.25. The maximum absolute atomic E-state index is 4.72. The second-order valence-electron chi connectivity index (χ2n) is 8.00. The molecular weight excluding hydrogens is 468 g/mol. The van der Waals surface area contributed by atoms with E-state index in [1.165, 1.54) is 0 Å². The molecule has 8 nitrogen and oxygen atoms in total. The molecule has 3 heterocycles. The summed E-state index contributed by atoms with van der Waals surface area (Å²) in [6.07, 6.45) is 6.88. The Hall–Kier alpha value is -3.04. The number of aromatic nitrogens is 5. The monoisotopic (exact) mass is 492 g/mol. The van der Waals surface area contributed by atoms with E-state index in [4.69, 9.17) is 4.98 Å². The van der Waals surface area contributed by atoms with Gasteiger partial charge in [0, 0.05) is 30.4 Å². The third-order valence-electron chi connectivity index (χ3n) is 5.86. The van der Waals surface area contributed by atoms with Crippen LogP contribution in [0.2, 0.25) is 0 Å². The van der Waals surface area contributed by atoms with Gasteiger partial charge in [-0.15, -0.1) is 0 Å². The minimum atomic E-state index is 0.364. The average molecular weight is 493 g/mol. The van der Waals surface area contributed by atoms with Crippen molar-refractivity contribution < 1.29 is 0 Å². The average Bonchev–Trinajstić information content (AvgIpc) is 3.45. The predicted molar refractivity (Wildman–Crippen MR) is 130 cm³/mol. The van der Waals surface area contributed by atoms with Crippen LogP contribution in [0.4, 0.5) is 11.9 Å². The van der Waals surface area contributed by atoms with Gasteiger partial charge in [0.25, 0.3) is 0 Å². The number of rotatable bonds is 7. The number of nitrogens with one attached hydrogen (secondary N) is 3. The first-order valence-electron chi connectivity index (χ1n) is 10.8. The molecule has 0 amide bonds. The van der Waals surface area contributed by atoms with Crippen molar-refractivity contribution in [3.63, 3.8) is 0 Å². The van der Waals surface area contributed by atoms with Gasteiger partial charge < -0.3 is 16.0 Å². The molecule has 0 radical (unpaired) electrons. The number of anilines is 2. The van der Waals surface area contributed by atoms with Gasteiger partial charge in [-0.3, -0.25) is 4.98 Å². The molecule has 1 aliphatic carbocycles. The lowest BCUT2D eigenvalue weighted by atomic mass is 10.1. The Balaban J connectivity index is 1.33. The lowest BCUT2D eigenvalue weighted by Gasteiger charge is -2.15. The Morgan fingerprint density at radius 1 is 1.06 bits per heavy atom. The molecule has 1 aromatic carbocycles. The van der Waals surface area contributed by atoms with Crippen LogP contribution >= 0.6 is 15.9 Å². The summed E-state index contributed by atoms with van der Waals surface area (Å²) in [6, 6.07) is 15.2. The van der Waals surface area contributed by atoms with Crippen molar-refractivity contribution in [2.24, 2.45) is 0 Å². The summed E-state index contributed by atoms with van der Waals surface area (Å²) in [5.74, 6) is 1.27. The van der Waals surface area contributed by atoms with Crippen molar-refractivity contribution >= 4 is 33.5 Å². The van der Waals surface area contributed by atoms with Crippen molar-refractivity contribution in [3.05, 3.63) is 64.9 Å². The van der Waals surface area contributed by atoms with Gasteiger partial charge in [0.1, 0.15) is 0 Å².